The number of carbonyl (C=O) groups excluding carboxylic acids is 1. The number of amides is 1. The fraction of sp³-hybridized carbons (Fsp3) is 0.652. The van der Waals surface area contributed by atoms with Gasteiger partial charge in [-0.15, -0.1) is 0 Å². The maximum atomic E-state index is 12.7. The Morgan fingerprint density at radius 3 is 2.59 bits per heavy atom. The summed E-state index contributed by atoms with van der Waals surface area (Å²) in [6.45, 7) is 11.5. The number of rotatable bonds is 7. The van der Waals surface area contributed by atoms with Crippen LogP contribution in [0.1, 0.15) is 26.7 Å². The minimum atomic E-state index is -0.0510. The molecule has 2 fully saturated rings. The molecule has 1 unspecified atom stereocenters. The lowest BCUT2D eigenvalue weighted by Crippen LogP contribution is -2.57. The number of hydrogen-bond acceptors (Lipinski definition) is 6. The van der Waals surface area contributed by atoms with Crippen molar-refractivity contribution in [2.75, 3.05) is 65.8 Å². The average Bonchev–Trinajstić information content (AvgIpc) is 3.52. The second kappa shape index (κ2) is 10.8. The first kappa shape index (κ1) is 22.5. The van der Waals surface area contributed by atoms with Crippen molar-refractivity contribution in [2.24, 2.45) is 4.99 Å². The van der Waals surface area contributed by atoms with Gasteiger partial charge in [-0.25, -0.2) is 4.99 Å². The van der Waals surface area contributed by atoms with Crippen LogP contribution in [0, 0.1) is 0 Å². The molecule has 1 N–H and O–H groups in total. The molecule has 0 radical (unpaired) electrons. The largest absolute Gasteiger partial charge is 0.492 e. The molecule has 0 spiro atoms. The van der Waals surface area contributed by atoms with Gasteiger partial charge < -0.3 is 29.3 Å². The van der Waals surface area contributed by atoms with E-state index in [-0.39, 0.29) is 18.7 Å². The number of hydrogen-bond donors (Lipinski definition) is 1. The van der Waals surface area contributed by atoms with E-state index in [1.165, 1.54) is 0 Å². The number of fused-ring (bicyclic) bond motifs is 1. The molecule has 3 aliphatic heterocycles. The number of benzene rings is 1. The molecule has 3 heterocycles. The highest BCUT2D eigenvalue weighted by atomic mass is 16.7. The lowest BCUT2D eigenvalue weighted by atomic mass is 10.2. The molecule has 1 aromatic carbocycles. The van der Waals surface area contributed by atoms with Gasteiger partial charge in [0, 0.05) is 51.9 Å². The number of ether oxygens (including phenoxy) is 3. The van der Waals surface area contributed by atoms with E-state index in [2.05, 4.69) is 22.0 Å². The Hall–Kier alpha value is -2.68. The Morgan fingerprint density at radius 2 is 1.84 bits per heavy atom. The maximum absolute atomic E-state index is 12.7. The number of nitrogens with zero attached hydrogens (tertiary/aromatic N) is 4. The van der Waals surface area contributed by atoms with Crippen LogP contribution in [0.5, 0.6) is 17.2 Å². The van der Waals surface area contributed by atoms with Gasteiger partial charge in [0.05, 0.1) is 12.6 Å². The highest BCUT2D eigenvalue weighted by Gasteiger charge is 2.30. The molecule has 0 aliphatic carbocycles. The fourth-order valence-electron chi connectivity index (χ4n) is 4.39. The molecule has 0 bridgehead atoms. The summed E-state index contributed by atoms with van der Waals surface area (Å²) in [5.41, 5.74) is 0. The van der Waals surface area contributed by atoms with E-state index in [0.717, 1.165) is 81.9 Å². The number of piperazine rings is 1. The number of aliphatic imine (C=N–C) groups is 1. The second-order valence-corrected chi connectivity index (χ2v) is 8.33. The minimum Gasteiger partial charge on any atom is -0.492 e. The van der Waals surface area contributed by atoms with Crippen LogP contribution >= 0.6 is 0 Å². The first-order valence-electron chi connectivity index (χ1n) is 11.7. The highest BCUT2D eigenvalue weighted by Crippen LogP contribution is 2.35. The van der Waals surface area contributed by atoms with E-state index in [1.54, 1.807) is 0 Å². The first-order valence-corrected chi connectivity index (χ1v) is 11.7. The van der Waals surface area contributed by atoms with Gasteiger partial charge in [-0.05, 0) is 38.8 Å². The van der Waals surface area contributed by atoms with Crippen LogP contribution in [0.3, 0.4) is 0 Å². The van der Waals surface area contributed by atoms with Gasteiger partial charge in [0.15, 0.2) is 17.5 Å². The van der Waals surface area contributed by atoms with Crippen molar-refractivity contribution in [2.45, 2.75) is 32.7 Å². The zero-order chi connectivity index (χ0) is 22.3. The predicted octanol–water partition coefficient (Wildman–Crippen LogP) is 1.39. The van der Waals surface area contributed by atoms with Crippen molar-refractivity contribution in [3.05, 3.63) is 18.2 Å². The molecule has 176 valence electrons. The third-order valence-electron chi connectivity index (χ3n) is 6.24. The molecule has 0 saturated carbocycles. The van der Waals surface area contributed by atoms with E-state index in [1.807, 2.05) is 30.0 Å². The van der Waals surface area contributed by atoms with Gasteiger partial charge in [-0.2, -0.15) is 0 Å². The third kappa shape index (κ3) is 5.38. The summed E-state index contributed by atoms with van der Waals surface area (Å²) in [6.07, 6.45) is 2.26. The Bertz CT molecular complexity index is 804. The Morgan fingerprint density at radius 1 is 1.09 bits per heavy atom. The van der Waals surface area contributed by atoms with Crippen LogP contribution in [0.4, 0.5) is 0 Å². The van der Waals surface area contributed by atoms with Gasteiger partial charge in [0.2, 0.25) is 12.7 Å². The van der Waals surface area contributed by atoms with Crippen LogP contribution in [-0.2, 0) is 4.79 Å². The van der Waals surface area contributed by atoms with Crippen molar-refractivity contribution >= 4 is 11.9 Å². The van der Waals surface area contributed by atoms with Crippen LogP contribution < -0.4 is 19.5 Å². The van der Waals surface area contributed by atoms with E-state index >= 15 is 0 Å². The van der Waals surface area contributed by atoms with Crippen molar-refractivity contribution in [1.29, 1.82) is 0 Å². The zero-order valence-corrected chi connectivity index (χ0v) is 19.2. The highest BCUT2D eigenvalue weighted by molar-refractivity contribution is 5.82. The smallest absolute Gasteiger partial charge is 0.239 e. The summed E-state index contributed by atoms with van der Waals surface area (Å²) in [7, 11) is 0. The Labute approximate surface area is 190 Å². The van der Waals surface area contributed by atoms with Gasteiger partial charge in [-0.1, -0.05) is 0 Å². The number of carbonyl (C=O) groups is 1. The number of guanidine groups is 1. The Balaban J connectivity index is 1.24. The molecular weight excluding hydrogens is 410 g/mol. The number of likely N-dealkylation sites (tertiary alicyclic amines) is 1. The molecule has 1 atom stereocenters. The summed E-state index contributed by atoms with van der Waals surface area (Å²) < 4.78 is 16.5. The first-order chi connectivity index (χ1) is 15.7. The molecule has 1 amide bonds. The quantitative estimate of drug-likeness (QED) is 0.386. The third-order valence-corrected chi connectivity index (χ3v) is 6.24. The summed E-state index contributed by atoms with van der Waals surface area (Å²) >= 11 is 0. The summed E-state index contributed by atoms with van der Waals surface area (Å²) in [4.78, 5) is 24.1. The van der Waals surface area contributed by atoms with Crippen LogP contribution in [0.15, 0.2) is 23.2 Å². The molecule has 0 aromatic heterocycles. The van der Waals surface area contributed by atoms with Crippen molar-refractivity contribution in [3.63, 3.8) is 0 Å². The molecular formula is C23H35N5O4. The average molecular weight is 446 g/mol. The van der Waals surface area contributed by atoms with Crippen LogP contribution in [0.25, 0.3) is 0 Å². The lowest BCUT2D eigenvalue weighted by Gasteiger charge is -2.39. The molecule has 4 rings (SSSR count). The van der Waals surface area contributed by atoms with Gasteiger partial charge in [0.25, 0.3) is 0 Å². The van der Waals surface area contributed by atoms with Gasteiger partial charge in [-0.3, -0.25) is 9.69 Å². The Kier molecular flexibility index (Phi) is 7.57. The second-order valence-electron chi connectivity index (χ2n) is 8.33. The summed E-state index contributed by atoms with van der Waals surface area (Å²) in [6, 6.07) is 5.54. The van der Waals surface area contributed by atoms with Crippen LogP contribution in [0.2, 0.25) is 0 Å². The van der Waals surface area contributed by atoms with Crippen molar-refractivity contribution in [1.82, 2.24) is 20.0 Å². The summed E-state index contributed by atoms with van der Waals surface area (Å²) in [5, 5.41) is 3.39. The molecule has 2 saturated heterocycles. The van der Waals surface area contributed by atoms with E-state index in [4.69, 9.17) is 19.2 Å². The SMILES string of the molecule is CCNC(=NCCOc1ccc2c(c1)OCO2)N1CCN(C(C)C(=O)N2CCCC2)CC1. The van der Waals surface area contributed by atoms with Crippen molar-refractivity contribution < 1.29 is 19.0 Å². The predicted molar refractivity (Wildman–Crippen MR) is 122 cm³/mol. The molecule has 32 heavy (non-hydrogen) atoms. The van der Waals surface area contributed by atoms with Crippen LogP contribution in [-0.4, -0.2) is 98.4 Å². The minimum absolute atomic E-state index is 0.0510. The van der Waals surface area contributed by atoms with E-state index < -0.39 is 0 Å². The molecule has 1 aromatic rings. The standard InChI is InChI=1S/C23H35N5O4/c1-3-24-23(25-8-15-30-19-6-7-20-21(16-19)32-17-31-20)28-13-11-26(12-14-28)18(2)22(29)27-9-4-5-10-27/h6-7,16,18H,3-5,8-15,17H2,1-2H3,(H,24,25). The van der Waals surface area contributed by atoms with Gasteiger partial charge >= 0.3 is 0 Å². The van der Waals surface area contributed by atoms with E-state index in [9.17, 15) is 4.79 Å². The summed E-state index contributed by atoms with van der Waals surface area (Å²) in [5.74, 6) is 3.40. The molecule has 9 heteroatoms. The zero-order valence-electron chi connectivity index (χ0n) is 19.2. The lowest BCUT2D eigenvalue weighted by molar-refractivity contribution is -0.135. The topological polar surface area (TPSA) is 78.9 Å². The monoisotopic (exact) mass is 445 g/mol. The molecule has 9 nitrogen and oxygen atoms in total. The normalized spacial score (nSPS) is 19.9. The van der Waals surface area contributed by atoms with Gasteiger partial charge in [0.1, 0.15) is 12.4 Å². The van der Waals surface area contributed by atoms with E-state index in [0.29, 0.717) is 13.2 Å². The maximum Gasteiger partial charge on any atom is 0.239 e. The number of nitrogens with one attached hydrogen (secondary N) is 1. The van der Waals surface area contributed by atoms with Crippen molar-refractivity contribution in [3.8, 4) is 17.2 Å². The molecule has 3 aliphatic rings. The fourth-order valence-corrected chi connectivity index (χ4v) is 4.39.